The van der Waals surface area contributed by atoms with Crippen LogP contribution in [0.4, 0.5) is 20.6 Å². The van der Waals surface area contributed by atoms with Crippen LogP contribution in [-0.4, -0.2) is 6.03 Å². The molecule has 0 aliphatic heterocycles. The third kappa shape index (κ3) is 4.40. The van der Waals surface area contributed by atoms with Crippen molar-refractivity contribution < 1.29 is 9.18 Å². The van der Waals surface area contributed by atoms with Gasteiger partial charge in [0.05, 0.1) is 5.69 Å². The fraction of sp³-hybridized carbons (Fsp3) is 0.133. The highest BCUT2D eigenvalue weighted by atomic mass is 127. The molecule has 4 N–H and O–H groups in total. The summed E-state index contributed by atoms with van der Waals surface area (Å²) in [5, 5.41) is 5.40. The predicted molar refractivity (Wildman–Crippen MR) is 90.8 cm³/mol. The lowest BCUT2D eigenvalue weighted by Gasteiger charge is -2.11. The van der Waals surface area contributed by atoms with Crippen molar-refractivity contribution in [3.05, 3.63) is 57.4 Å². The molecule has 110 valence electrons. The number of hydrogen-bond acceptors (Lipinski definition) is 2. The van der Waals surface area contributed by atoms with Crippen molar-refractivity contribution in [2.24, 2.45) is 5.73 Å². The third-order valence-corrected chi connectivity index (χ3v) is 3.74. The van der Waals surface area contributed by atoms with Crippen molar-refractivity contribution in [2.45, 2.75) is 13.0 Å². The Kier molecular flexibility index (Phi) is 5.13. The van der Waals surface area contributed by atoms with Crippen LogP contribution in [0.2, 0.25) is 0 Å². The Morgan fingerprint density at radius 3 is 2.67 bits per heavy atom. The second-order valence-electron chi connectivity index (χ2n) is 4.62. The number of halogens is 2. The number of hydrogen-bond donors (Lipinski definition) is 3. The lowest BCUT2D eigenvalue weighted by atomic mass is 10.1. The molecule has 0 saturated heterocycles. The van der Waals surface area contributed by atoms with Gasteiger partial charge in [0.2, 0.25) is 0 Å². The Morgan fingerprint density at radius 1 is 1.24 bits per heavy atom. The Morgan fingerprint density at radius 2 is 2.00 bits per heavy atom. The largest absolute Gasteiger partial charge is 0.324 e. The van der Waals surface area contributed by atoms with Crippen LogP contribution in [0.25, 0.3) is 0 Å². The highest BCUT2D eigenvalue weighted by molar-refractivity contribution is 14.1. The van der Waals surface area contributed by atoms with E-state index in [1.807, 2.05) is 47.7 Å². The molecule has 1 atom stereocenters. The zero-order chi connectivity index (χ0) is 15.4. The molecule has 0 radical (unpaired) electrons. The maximum Gasteiger partial charge on any atom is 0.323 e. The quantitative estimate of drug-likeness (QED) is 0.681. The first-order valence-corrected chi connectivity index (χ1v) is 7.42. The van der Waals surface area contributed by atoms with E-state index in [1.54, 1.807) is 6.07 Å². The fourth-order valence-corrected chi connectivity index (χ4v) is 2.39. The number of anilines is 2. The fourth-order valence-electron chi connectivity index (χ4n) is 1.78. The number of benzene rings is 2. The number of rotatable bonds is 3. The number of carbonyl (C=O) groups is 1. The van der Waals surface area contributed by atoms with Crippen molar-refractivity contribution in [1.82, 2.24) is 0 Å². The van der Waals surface area contributed by atoms with E-state index in [-0.39, 0.29) is 17.9 Å². The summed E-state index contributed by atoms with van der Waals surface area (Å²) in [6, 6.07) is 11.0. The molecule has 6 heteroatoms. The minimum absolute atomic E-state index is 0.104. The third-order valence-electron chi connectivity index (χ3n) is 2.85. The van der Waals surface area contributed by atoms with Crippen LogP contribution in [0.15, 0.2) is 42.5 Å². The molecule has 0 aliphatic carbocycles. The Labute approximate surface area is 136 Å². The summed E-state index contributed by atoms with van der Waals surface area (Å²) in [4.78, 5) is 11.9. The predicted octanol–water partition coefficient (Wildman–Crippen LogP) is 4.09. The molecule has 0 heterocycles. The first kappa shape index (κ1) is 15.7. The maximum atomic E-state index is 13.0. The van der Waals surface area contributed by atoms with Gasteiger partial charge in [-0.2, -0.15) is 0 Å². The number of nitrogens with two attached hydrogens (primary N) is 1. The Hall–Kier alpha value is -1.67. The number of urea groups is 1. The van der Waals surface area contributed by atoms with Crippen molar-refractivity contribution >= 4 is 40.0 Å². The van der Waals surface area contributed by atoms with Gasteiger partial charge in [-0.25, -0.2) is 9.18 Å². The van der Waals surface area contributed by atoms with Crippen LogP contribution >= 0.6 is 22.6 Å². The van der Waals surface area contributed by atoms with Crippen LogP contribution in [-0.2, 0) is 0 Å². The van der Waals surface area contributed by atoms with Gasteiger partial charge < -0.3 is 16.4 Å². The molecule has 21 heavy (non-hydrogen) atoms. The van der Waals surface area contributed by atoms with E-state index in [4.69, 9.17) is 5.73 Å². The summed E-state index contributed by atoms with van der Waals surface area (Å²) >= 11 is 1.97. The van der Waals surface area contributed by atoms with Crippen molar-refractivity contribution in [1.29, 1.82) is 0 Å². The van der Waals surface area contributed by atoms with Crippen molar-refractivity contribution in [3.63, 3.8) is 0 Å². The van der Waals surface area contributed by atoms with Gasteiger partial charge in [0, 0.05) is 15.3 Å². The molecule has 1 unspecified atom stereocenters. The van der Waals surface area contributed by atoms with Crippen LogP contribution in [0, 0.1) is 9.39 Å². The van der Waals surface area contributed by atoms with Crippen LogP contribution in [0.5, 0.6) is 0 Å². The van der Waals surface area contributed by atoms with Gasteiger partial charge in [-0.3, -0.25) is 0 Å². The second-order valence-corrected chi connectivity index (χ2v) is 5.78. The molecular formula is C15H15FIN3O. The van der Waals surface area contributed by atoms with E-state index in [0.29, 0.717) is 14.9 Å². The summed E-state index contributed by atoms with van der Waals surface area (Å²) in [5.41, 5.74) is 7.95. The Balaban J connectivity index is 2.06. The summed E-state index contributed by atoms with van der Waals surface area (Å²) in [5.74, 6) is -0.338. The zero-order valence-corrected chi connectivity index (χ0v) is 13.5. The number of nitrogens with one attached hydrogen (secondary N) is 2. The molecule has 2 rings (SSSR count). The molecule has 0 spiro atoms. The van der Waals surface area contributed by atoms with E-state index in [1.165, 1.54) is 18.2 Å². The summed E-state index contributed by atoms with van der Waals surface area (Å²) in [6.45, 7) is 1.88. The smallest absolute Gasteiger partial charge is 0.323 e. The molecule has 0 saturated carbocycles. The van der Waals surface area contributed by atoms with Crippen molar-refractivity contribution in [2.75, 3.05) is 10.6 Å². The summed E-state index contributed by atoms with van der Waals surface area (Å²) in [6.07, 6.45) is 0. The lowest BCUT2D eigenvalue weighted by molar-refractivity contribution is 0.262. The van der Waals surface area contributed by atoms with Gasteiger partial charge in [0.25, 0.3) is 0 Å². The van der Waals surface area contributed by atoms with Crippen molar-refractivity contribution in [3.8, 4) is 0 Å². The van der Waals surface area contributed by atoms with Gasteiger partial charge in [-0.05, 0) is 65.4 Å². The normalized spacial score (nSPS) is 11.8. The topological polar surface area (TPSA) is 67.1 Å². The van der Waals surface area contributed by atoms with E-state index >= 15 is 0 Å². The molecule has 4 nitrogen and oxygen atoms in total. The average Bonchev–Trinajstić information content (AvgIpc) is 2.42. The van der Waals surface area contributed by atoms with Crippen LogP contribution in [0.3, 0.4) is 0 Å². The van der Waals surface area contributed by atoms with E-state index < -0.39 is 0 Å². The van der Waals surface area contributed by atoms with E-state index in [9.17, 15) is 9.18 Å². The molecular weight excluding hydrogens is 384 g/mol. The maximum absolute atomic E-state index is 13.0. The van der Waals surface area contributed by atoms with Gasteiger partial charge >= 0.3 is 6.03 Å². The van der Waals surface area contributed by atoms with Gasteiger partial charge in [0.15, 0.2) is 0 Å². The molecule has 2 aromatic rings. The van der Waals surface area contributed by atoms with Crippen LogP contribution < -0.4 is 16.4 Å². The minimum Gasteiger partial charge on any atom is -0.324 e. The minimum atomic E-state index is -0.388. The summed E-state index contributed by atoms with van der Waals surface area (Å²) < 4.78 is 13.6. The van der Waals surface area contributed by atoms with Gasteiger partial charge in [0.1, 0.15) is 5.82 Å². The van der Waals surface area contributed by atoms with Crippen LogP contribution in [0.1, 0.15) is 18.5 Å². The standard InChI is InChI=1S/C15H15FIN3O/c1-9(18)10-3-2-4-12(7-10)19-15(21)20-14-6-5-11(16)8-13(14)17/h2-9H,18H2,1H3,(H2,19,20,21). The van der Waals surface area contributed by atoms with E-state index in [0.717, 1.165) is 5.56 Å². The Bertz CT molecular complexity index is 661. The summed E-state index contributed by atoms with van der Waals surface area (Å²) in [7, 11) is 0. The second kappa shape index (κ2) is 6.86. The van der Waals surface area contributed by atoms with E-state index in [2.05, 4.69) is 10.6 Å². The average molecular weight is 399 g/mol. The molecule has 2 aromatic carbocycles. The molecule has 0 fully saturated rings. The zero-order valence-electron chi connectivity index (χ0n) is 11.4. The monoisotopic (exact) mass is 399 g/mol. The number of carbonyl (C=O) groups excluding carboxylic acids is 1. The molecule has 2 amide bonds. The highest BCUT2D eigenvalue weighted by Crippen LogP contribution is 2.20. The highest BCUT2D eigenvalue weighted by Gasteiger charge is 2.07. The molecule has 0 aliphatic rings. The number of amides is 2. The molecule has 0 bridgehead atoms. The molecule has 0 aromatic heterocycles. The SMILES string of the molecule is CC(N)c1cccc(NC(=O)Nc2ccc(F)cc2I)c1. The van der Waals surface area contributed by atoms with Gasteiger partial charge in [-0.1, -0.05) is 12.1 Å². The first-order valence-electron chi connectivity index (χ1n) is 6.34. The first-order chi connectivity index (χ1) is 9.95. The van der Waals surface area contributed by atoms with Gasteiger partial charge in [-0.15, -0.1) is 0 Å². The lowest BCUT2D eigenvalue weighted by Crippen LogP contribution is -2.20.